The molecule has 0 fully saturated rings. The molecule has 1 radical (unpaired) electrons. The summed E-state index contributed by atoms with van der Waals surface area (Å²) in [6, 6.07) is 50.7. The Balaban J connectivity index is 0.00000690. The second kappa shape index (κ2) is 25.6. The summed E-state index contributed by atoms with van der Waals surface area (Å²) < 4.78 is 12.1. The molecule has 7 aromatic carbocycles. The van der Waals surface area contributed by atoms with E-state index in [4.69, 9.17) is 49.3 Å². The minimum atomic E-state index is 0. The predicted molar refractivity (Wildman–Crippen MR) is 330 cm³/mol. The average molecular weight is 1210 g/mol. The summed E-state index contributed by atoms with van der Waals surface area (Å²) in [5, 5.41) is 3.29. The molecule has 0 unspecified atom stereocenters. The number of thioether (sulfide) groups is 2. The molecule has 0 atom stereocenters. The Kier molecular flexibility index (Phi) is 17.7. The van der Waals surface area contributed by atoms with Gasteiger partial charge < -0.3 is 44.3 Å². The van der Waals surface area contributed by atoms with Crippen molar-refractivity contribution in [1.29, 1.82) is 0 Å². The van der Waals surface area contributed by atoms with Crippen LogP contribution in [0.4, 0.5) is 0 Å². The van der Waals surface area contributed by atoms with Crippen LogP contribution in [0.1, 0.15) is 38.1 Å². The van der Waals surface area contributed by atoms with Crippen molar-refractivity contribution in [3.05, 3.63) is 157 Å². The van der Waals surface area contributed by atoms with Gasteiger partial charge in [-0.15, -0.1) is 0 Å². The first-order chi connectivity index (χ1) is 39.4. The zero-order chi connectivity index (χ0) is 54.5. The van der Waals surface area contributed by atoms with Gasteiger partial charge in [-0.2, -0.15) is 23.5 Å². The van der Waals surface area contributed by atoms with E-state index in [1.54, 1.807) is 35.3 Å². The van der Waals surface area contributed by atoms with Crippen LogP contribution in [0.5, 0.6) is 11.5 Å². The molecule has 409 valence electrons. The molecule has 0 aliphatic carbocycles. The number of aromatic nitrogens is 8. The maximum atomic E-state index is 13.3. The Labute approximate surface area is 501 Å². The largest absolute Gasteiger partial charge is 2.00 e. The smallest absolute Gasteiger partial charge is 0.493 e. The zero-order valence-electron chi connectivity index (χ0n) is 44.7. The molecule has 0 N–H and O–H groups in total. The fraction of sp³-hybridized carbons (Fsp3) is 0.190. The quantitative estimate of drug-likeness (QED) is 0.0559. The van der Waals surface area contributed by atoms with Crippen LogP contribution >= 0.6 is 58.8 Å². The van der Waals surface area contributed by atoms with E-state index in [1.165, 1.54) is 0 Å². The van der Waals surface area contributed by atoms with Gasteiger partial charge in [0.05, 0.1) is 36.5 Å². The number of hydrogen-bond acceptors (Lipinski definition) is 14. The molecule has 12 nitrogen and oxygen atoms in total. The van der Waals surface area contributed by atoms with E-state index < -0.39 is 0 Å². The summed E-state index contributed by atoms with van der Waals surface area (Å²) in [7, 11) is 0. The summed E-state index contributed by atoms with van der Waals surface area (Å²) in [4.78, 5) is 63.5. The van der Waals surface area contributed by atoms with Crippen molar-refractivity contribution in [2.24, 2.45) is 0 Å². The van der Waals surface area contributed by atoms with Crippen LogP contribution in [0.25, 0.3) is 89.7 Å². The predicted octanol–water partition coefficient (Wildman–Crippen LogP) is 15.3. The molecule has 5 heterocycles. The minimum absolute atomic E-state index is 0. The molecule has 0 saturated heterocycles. The molecule has 18 heteroatoms. The second-order valence-corrected chi connectivity index (χ2v) is 24.5. The maximum absolute atomic E-state index is 13.3. The van der Waals surface area contributed by atoms with Crippen molar-refractivity contribution < 1.29 is 31.3 Å². The van der Waals surface area contributed by atoms with Crippen LogP contribution in [-0.4, -0.2) is 90.0 Å². The first-order valence-electron chi connectivity index (χ1n) is 26.6. The Morgan fingerprint density at radius 1 is 0.457 bits per heavy atom. The van der Waals surface area contributed by atoms with E-state index in [9.17, 15) is 4.79 Å². The van der Waals surface area contributed by atoms with Gasteiger partial charge in [0.2, 0.25) is 0 Å². The number of rotatable bonds is 19. The standard InChI is InChI=1S/C63H53N9O3S5.Cu/c1-5-72(6-2)63(73)38-22-28-41(29-23-38)78-49-19-11-16-46-52(49)61-67-57(46)65-55-44-14-9-10-15-45(44)56(64-55)66-60-53-47(17-12-20-50(53)79-42-30-24-39(25-31-42)74-34-36-76-7-3)58(68-60)70-62-54-48(59(69-61)71-62)18-13-21-51(54)80-43-32-26-40(27-33-43)75-35-37-77-8-4;/h9-33H,5-8,34-37H2,1-4H3;/q-2;+2. The van der Waals surface area contributed by atoms with Crippen molar-refractivity contribution in [1.82, 2.24) is 44.8 Å². The van der Waals surface area contributed by atoms with Crippen LogP contribution in [-0.2, 0) is 17.1 Å². The van der Waals surface area contributed by atoms with Gasteiger partial charge in [0.1, 0.15) is 11.5 Å². The molecule has 2 aliphatic heterocycles. The first kappa shape index (κ1) is 56.1. The minimum Gasteiger partial charge on any atom is -0.493 e. The van der Waals surface area contributed by atoms with E-state index in [0.29, 0.717) is 77.8 Å². The van der Waals surface area contributed by atoms with Gasteiger partial charge in [-0.25, -0.2) is 9.97 Å². The molecule has 12 rings (SSSR count). The Bertz CT molecular complexity index is 4100. The Morgan fingerprint density at radius 3 is 1.38 bits per heavy atom. The summed E-state index contributed by atoms with van der Waals surface area (Å²) in [6.07, 6.45) is 0. The Morgan fingerprint density at radius 2 is 0.877 bits per heavy atom. The van der Waals surface area contributed by atoms with Crippen LogP contribution < -0.4 is 19.4 Å². The SMILES string of the molecule is CCSCCOc1ccc(Sc2cccc3c2-c2nc-3nc3[n-]c(nc4nc(nc5[n-]c(n2)c2ccccc52)-c2cccc(Sc5ccc(C(=O)N(CC)CC)cc5)c2-4)c2cccc(Sc4ccc(OCCSCC)cc4)c32)cc1.[Cu+2]. The molecular weight excluding hydrogens is 1150 g/mol. The zero-order valence-corrected chi connectivity index (χ0v) is 49.7. The third-order valence-electron chi connectivity index (χ3n) is 13.5. The van der Waals surface area contributed by atoms with Crippen LogP contribution in [0.15, 0.2) is 181 Å². The van der Waals surface area contributed by atoms with Crippen molar-refractivity contribution >= 4 is 109 Å². The van der Waals surface area contributed by atoms with E-state index >= 15 is 0 Å². The van der Waals surface area contributed by atoms with Crippen molar-refractivity contribution in [2.45, 2.75) is 57.1 Å². The normalized spacial score (nSPS) is 11.6. The number of amides is 1. The fourth-order valence-corrected chi connectivity index (χ4v) is 13.5. The number of nitrogens with zero attached hydrogens (tertiary/aromatic N) is 9. The van der Waals surface area contributed by atoms with E-state index in [0.717, 1.165) is 108 Å². The van der Waals surface area contributed by atoms with E-state index in [1.807, 2.05) is 145 Å². The van der Waals surface area contributed by atoms with Gasteiger partial charge >= 0.3 is 17.1 Å². The van der Waals surface area contributed by atoms with Crippen LogP contribution in [0.3, 0.4) is 0 Å². The fourth-order valence-electron chi connectivity index (χ4n) is 9.59. The molecule has 10 aromatic rings. The van der Waals surface area contributed by atoms with Crippen LogP contribution in [0, 0.1) is 0 Å². The van der Waals surface area contributed by atoms with E-state index in [-0.39, 0.29) is 23.0 Å². The number of fused-ring (bicyclic) bond motifs is 20. The summed E-state index contributed by atoms with van der Waals surface area (Å²) in [6.45, 7) is 10.9. The molecule has 3 aromatic heterocycles. The van der Waals surface area contributed by atoms with Gasteiger partial charge in [0, 0.05) is 110 Å². The number of carbonyl (C=O) groups excluding carboxylic acids is 1. The summed E-state index contributed by atoms with van der Waals surface area (Å²) in [5.41, 5.74) is 5.81. The molecule has 2 aliphatic rings. The monoisotopic (exact) mass is 1210 g/mol. The van der Waals surface area contributed by atoms with Crippen molar-refractivity contribution in [2.75, 3.05) is 49.3 Å². The van der Waals surface area contributed by atoms with Gasteiger partial charge in [0.25, 0.3) is 5.91 Å². The Hall–Kier alpha value is -6.76. The summed E-state index contributed by atoms with van der Waals surface area (Å²) in [5.74, 6) is 7.55. The van der Waals surface area contributed by atoms with Gasteiger partial charge in [-0.1, -0.05) is 110 Å². The van der Waals surface area contributed by atoms with Crippen LogP contribution in [0.2, 0.25) is 0 Å². The van der Waals surface area contributed by atoms with Gasteiger partial charge in [-0.05, 0) is 133 Å². The van der Waals surface area contributed by atoms with Gasteiger partial charge in [0.15, 0.2) is 0 Å². The number of ether oxygens (including phenoxy) is 2. The molecule has 8 bridgehead atoms. The third-order valence-corrected chi connectivity index (χ3v) is 18.4. The molecule has 81 heavy (non-hydrogen) atoms. The molecule has 1 amide bonds. The maximum Gasteiger partial charge on any atom is 2.00 e. The van der Waals surface area contributed by atoms with Crippen molar-refractivity contribution in [3.63, 3.8) is 0 Å². The topological polar surface area (TPSA) is 144 Å². The van der Waals surface area contributed by atoms with E-state index in [2.05, 4.69) is 62.4 Å². The summed E-state index contributed by atoms with van der Waals surface area (Å²) >= 11 is 8.57. The van der Waals surface area contributed by atoms with Crippen molar-refractivity contribution in [3.8, 4) is 57.1 Å². The number of hydrogen-bond donors (Lipinski definition) is 0. The number of benzene rings is 7. The first-order valence-corrected chi connectivity index (χ1v) is 31.4. The average Bonchev–Trinajstić information content (AvgIpc) is 4.25. The molecular formula is C63H53CuN9O3S5. The third kappa shape index (κ3) is 12.0. The molecule has 0 spiro atoms. The number of carbonyl (C=O) groups is 1. The second-order valence-electron chi connectivity index (χ2n) is 18.4. The van der Waals surface area contributed by atoms with Gasteiger partial charge in [-0.3, -0.25) is 4.79 Å². The molecule has 0 saturated carbocycles.